The van der Waals surface area contributed by atoms with Crippen molar-refractivity contribution in [1.29, 1.82) is 0 Å². The van der Waals surface area contributed by atoms with Crippen LogP contribution >= 0.6 is 11.8 Å². The number of amides is 1. The van der Waals surface area contributed by atoms with Gasteiger partial charge in [0.15, 0.2) is 5.16 Å². The van der Waals surface area contributed by atoms with E-state index < -0.39 is 23.9 Å². The molecule has 0 atom stereocenters. The average molecular weight is 368 g/mol. The Morgan fingerprint density at radius 3 is 2.60 bits per heavy atom. The number of aromatic amines is 1. The first-order valence-corrected chi connectivity index (χ1v) is 8.09. The number of thioether (sulfide) groups is 1. The third-order valence-electron chi connectivity index (χ3n) is 3.18. The fourth-order valence-corrected chi connectivity index (χ4v) is 2.56. The van der Waals surface area contributed by atoms with Gasteiger partial charge in [-0.2, -0.15) is 18.2 Å². The lowest BCUT2D eigenvalue weighted by molar-refractivity contribution is -0.144. The van der Waals surface area contributed by atoms with E-state index in [2.05, 4.69) is 20.4 Å². The molecule has 0 aliphatic carbocycles. The Bertz CT molecular complexity index is 887. The van der Waals surface area contributed by atoms with Crippen molar-refractivity contribution >= 4 is 23.6 Å². The van der Waals surface area contributed by atoms with Crippen LogP contribution in [0.1, 0.15) is 16.2 Å². The number of imidazole rings is 1. The van der Waals surface area contributed by atoms with Crippen LogP contribution in [-0.2, 0) is 6.18 Å². The Hall–Kier alpha value is -2.82. The predicted molar refractivity (Wildman–Crippen MR) is 84.7 cm³/mol. The number of halogens is 3. The van der Waals surface area contributed by atoms with Crippen molar-refractivity contribution in [3.63, 3.8) is 0 Å². The molecule has 0 aliphatic heterocycles. The van der Waals surface area contributed by atoms with E-state index in [-0.39, 0.29) is 5.56 Å². The molecule has 0 spiro atoms. The topological polar surface area (TPSA) is 88.5 Å². The van der Waals surface area contributed by atoms with Crippen molar-refractivity contribution in [3.8, 4) is 5.69 Å². The molecule has 11 heteroatoms. The first kappa shape index (κ1) is 17.0. The molecular weight excluding hydrogens is 357 g/mol. The lowest BCUT2D eigenvalue weighted by Gasteiger charge is -2.07. The molecule has 25 heavy (non-hydrogen) atoms. The van der Waals surface area contributed by atoms with Gasteiger partial charge in [-0.3, -0.25) is 19.8 Å². The van der Waals surface area contributed by atoms with Gasteiger partial charge in [-0.15, -0.1) is 5.10 Å². The number of carbonyl (C=O) groups excluding carboxylic acids is 1. The van der Waals surface area contributed by atoms with E-state index >= 15 is 0 Å². The van der Waals surface area contributed by atoms with Gasteiger partial charge in [-0.05, 0) is 30.5 Å². The van der Waals surface area contributed by atoms with Crippen LogP contribution in [0.4, 0.5) is 19.1 Å². The molecule has 1 aromatic carbocycles. The van der Waals surface area contributed by atoms with E-state index in [0.717, 1.165) is 10.8 Å². The van der Waals surface area contributed by atoms with Crippen molar-refractivity contribution in [2.75, 3.05) is 11.6 Å². The molecule has 0 unspecified atom stereocenters. The van der Waals surface area contributed by atoms with Gasteiger partial charge in [0.05, 0.1) is 0 Å². The molecule has 0 fully saturated rings. The number of alkyl halides is 3. The normalized spacial score (nSPS) is 11.5. The Morgan fingerprint density at radius 2 is 2.00 bits per heavy atom. The summed E-state index contributed by atoms with van der Waals surface area (Å²) < 4.78 is 39.2. The van der Waals surface area contributed by atoms with E-state index in [1.54, 1.807) is 41.8 Å². The first-order chi connectivity index (χ1) is 11.9. The third kappa shape index (κ3) is 3.65. The van der Waals surface area contributed by atoms with Crippen LogP contribution in [0.3, 0.4) is 0 Å². The molecule has 0 bridgehead atoms. The highest BCUT2D eigenvalue weighted by Gasteiger charge is 2.35. The van der Waals surface area contributed by atoms with Crippen molar-refractivity contribution in [2.24, 2.45) is 0 Å². The fraction of sp³-hybridized carbons (Fsp3) is 0.143. The fourth-order valence-electron chi connectivity index (χ4n) is 2.03. The van der Waals surface area contributed by atoms with Crippen molar-refractivity contribution < 1.29 is 18.0 Å². The number of nitrogens with zero attached hydrogens (tertiary/aromatic N) is 4. The minimum atomic E-state index is -4.66. The summed E-state index contributed by atoms with van der Waals surface area (Å²) in [6.45, 7) is 0. The number of carbonyl (C=O) groups is 1. The Labute approximate surface area is 143 Å². The summed E-state index contributed by atoms with van der Waals surface area (Å²) in [6.07, 6.45) is 0.686. The predicted octanol–water partition coefficient (Wildman–Crippen LogP) is 2.98. The molecule has 2 N–H and O–H groups in total. The number of rotatable bonds is 4. The number of nitrogens with one attached hydrogen (secondary N) is 2. The molecule has 3 aromatic rings. The van der Waals surface area contributed by atoms with Gasteiger partial charge in [0.1, 0.15) is 0 Å². The number of anilines is 1. The largest absolute Gasteiger partial charge is 0.451 e. The average Bonchev–Trinajstić information content (AvgIpc) is 3.23. The summed E-state index contributed by atoms with van der Waals surface area (Å²) in [5, 5.41) is 8.06. The molecule has 0 radical (unpaired) electrons. The van der Waals surface area contributed by atoms with Gasteiger partial charge in [0, 0.05) is 23.6 Å². The second-order valence-electron chi connectivity index (χ2n) is 4.79. The number of hydrogen-bond acceptors (Lipinski definition) is 5. The highest BCUT2D eigenvalue weighted by Crippen LogP contribution is 2.26. The van der Waals surface area contributed by atoms with Crippen LogP contribution in [0, 0.1) is 0 Å². The monoisotopic (exact) mass is 368 g/mol. The molecule has 0 saturated carbocycles. The van der Waals surface area contributed by atoms with Gasteiger partial charge in [-0.1, -0.05) is 11.8 Å². The SMILES string of the molecule is CSc1nccn1-c1ccc(C(=O)Nc2n[nH]c(C(F)(F)F)n2)cc1. The minimum Gasteiger partial charge on any atom is -0.295 e. The Morgan fingerprint density at radius 1 is 1.28 bits per heavy atom. The standard InChI is InChI=1S/C14H11F3N6OS/c1-25-13-18-6-7-23(13)9-4-2-8(3-5-9)10(24)19-12-20-11(21-22-12)14(15,16)17/h2-7H,1H3,(H2,19,20,21,22,24). The van der Waals surface area contributed by atoms with Crippen LogP contribution < -0.4 is 5.32 Å². The molecule has 0 saturated heterocycles. The maximum Gasteiger partial charge on any atom is 0.451 e. The summed E-state index contributed by atoms with van der Waals surface area (Å²) in [5.41, 5.74) is 1.06. The van der Waals surface area contributed by atoms with Gasteiger partial charge < -0.3 is 0 Å². The Kier molecular flexibility index (Phi) is 4.49. The summed E-state index contributed by atoms with van der Waals surface area (Å²) in [6, 6.07) is 6.50. The Balaban J connectivity index is 1.74. The van der Waals surface area contributed by atoms with Gasteiger partial charge >= 0.3 is 6.18 Å². The van der Waals surface area contributed by atoms with Crippen molar-refractivity contribution in [2.45, 2.75) is 11.3 Å². The maximum atomic E-state index is 12.4. The van der Waals surface area contributed by atoms with E-state index in [1.165, 1.54) is 11.8 Å². The first-order valence-electron chi connectivity index (χ1n) is 6.87. The molecule has 7 nitrogen and oxygen atoms in total. The molecule has 130 valence electrons. The van der Waals surface area contributed by atoms with E-state index in [1.807, 2.05) is 10.8 Å². The zero-order valence-corrected chi connectivity index (χ0v) is 13.5. The summed E-state index contributed by atoms with van der Waals surface area (Å²) in [4.78, 5) is 19.5. The second-order valence-corrected chi connectivity index (χ2v) is 5.56. The number of H-pyrrole nitrogens is 1. The molecule has 3 rings (SSSR count). The van der Waals surface area contributed by atoms with Gasteiger partial charge in [-0.25, -0.2) is 4.98 Å². The zero-order chi connectivity index (χ0) is 18.0. The highest BCUT2D eigenvalue weighted by molar-refractivity contribution is 7.98. The van der Waals surface area contributed by atoms with E-state index in [9.17, 15) is 18.0 Å². The van der Waals surface area contributed by atoms with E-state index in [0.29, 0.717) is 0 Å². The number of aromatic nitrogens is 5. The van der Waals surface area contributed by atoms with Gasteiger partial charge in [0.2, 0.25) is 11.8 Å². The van der Waals surface area contributed by atoms with Crippen molar-refractivity contribution in [3.05, 3.63) is 48.0 Å². The smallest absolute Gasteiger partial charge is 0.295 e. The molecule has 2 heterocycles. The van der Waals surface area contributed by atoms with Crippen LogP contribution in [0.5, 0.6) is 0 Å². The lowest BCUT2D eigenvalue weighted by Crippen LogP contribution is -2.13. The van der Waals surface area contributed by atoms with Crippen molar-refractivity contribution in [1.82, 2.24) is 24.7 Å². The van der Waals surface area contributed by atoms with Crippen LogP contribution in [0.15, 0.2) is 41.8 Å². The van der Waals surface area contributed by atoms with Crippen LogP contribution in [-0.4, -0.2) is 36.9 Å². The quantitative estimate of drug-likeness (QED) is 0.691. The molecule has 2 aromatic heterocycles. The summed E-state index contributed by atoms with van der Waals surface area (Å²) in [5.74, 6) is -2.33. The number of hydrogen-bond donors (Lipinski definition) is 2. The van der Waals surface area contributed by atoms with Gasteiger partial charge in [0.25, 0.3) is 5.91 Å². The maximum absolute atomic E-state index is 12.4. The molecule has 0 aliphatic rings. The third-order valence-corrected chi connectivity index (χ3v) is 3.84. The molecular formula is C14H11F3N6OS. The number of benzene rings is 1. The minimum absolute atomic E-state index is 0.257. The summed E-state index contributed by atoms with van der Waals surface area (Å²) >= 11 is 1.47. The van der Waals surface area contributed by atoms with E-state index in [4.69, 9.17) is 0 Å². The molecule has 1 amide bonds. The second kappa shape index (κ2) is 6.59. The highest BCUT2D eigenvalue weighted by atomic mass is 32.2. The summed E-state index contributed by atoms with van der Waals surface area (Å²) in [7, 11) is 0. The van der Waals surface area contributed by atoms with Crippen LogP contribution in [0.25, 0.3) is 5.69 Å². The lowest BCUT2D eigenvalue weighted by atomic mass is 10.2. The zero-order valence-electron chi connectivity index (χ0n) is 12.7. The van der Waals surface area contributed by atoms with Crippen LogP contribution in [0.2, 0.25) is 0 Å².